The van der Waals surface area contributed by atoms with Gasteiger partial charge >= 0.3 is 0 Å². The molecule has 2 aliphatic heterocycles. The maximum Gasteiger partial charge on any atom is 0.242 e. The molecule has 2 amide bonds. The molecule has 1 saturated heterocycles. The van der Waals surface area contributed by atoms with Gasteiger partial charge in [0.15, 0.2) is 0 Å². The third-order valence-electron chi connectivity index (χ3n) is 11.6. The lowest BCUT2D eigenvalue weighted by Crippen LogP contribution is -2.63. The second-order valence-corrected chi connectivity index (χ2v) is 13.7. The standard InChI is InChI=1S/C41H40N2O5/c1-42-36-31(22-30(28-16-8-4-9-17-28)29-18-10-5-11-19-29)33-23-35(44)41(32-20-12-13-21-34(32)43(26-47-2)39(41)46)37(36)40(33,38(42)45)25-48-24-27-14-6-3-7-15-27/h3-22,31,33,35-37,44H,23-26H2,1-2H3/t31-,33-,35+,36-,37+,40+,41+/m1/s1. The van der Waals surface area contributed by atoms with Gasteiger partial charge in [-0.25, -0.2) is 0 Å². The molecule has 4 aliphatic rings. The van der Waals surface area contributed by atoms with Crippen molar-refractivity contribution in [2.75, 3.05) is 32.4 Å². The molecule has 244 valence electrons. The van der Waals surface area contributed by atoms with Gasteiger partial charge in [-0.1, -0.05) is 115 Å². The van der Waals surface area contributed by atoms with Crippen molar-refractivity contribution in [3.8, 4) is 0 Å². The Labute approximate surface area is 281 Å². The number of hydrogen-bond acceptors (Lipinski definition) is 5. The van der Waals surface area contributed by atoms with Crippen LogP contribution in [-0.4, -0.2) is 61.5 Å². The van der Waals surface area contributed by atoms with Crippen LogP contribution in [0.4, 0.5) is 5.69 Å². The van der Waals surface area contributed by atoms with Crippen LogP contribution in [-0.2, 0) is 31.1 Å². The molecule has 2 aliphatic carbocycles. The van der Waals surface area contributed by atoms with Gasteiger partial charge in [0.1, 0.15) is 12.1 Å². The number of piperidine rings is 1. The summed E-state index contributed by atoms with van der Waals surface area (Å²) in [5.41, 5.74) is 3.37. The summed E-state index contributed by atoms with van der Waals surface area (Å²) in [7, 11) is 3.43. The number of aliphatic hydroxyl groups is 1. The molecule has 48 heavy (non-hydrogen) atoms. The highest BCUT2D eigenvalue weighted by atomic mass is 16.5. The lowest BCUT2D eigenvalue weighted by Gasteiger charge is -2.50. The van der Waals surface area contributed by atoms with Crippen LogP contribution in [0, 0.1) is 23.2 Å². The van der Waals surface area contributed by atoms with Crippen LogP contribution in [0.15, 0.2) is 121 Å². The van der Waals surface area contributed by atoms with E-state index in [0.717, 1.165) is 33.5 Å². The predicted octanol–water partition coefficient (Wildman–Crippen LogP) is 5.68. The van der Waals surface area contributed by atoms with Gasteiger partial charge in [-0.2, -0.15) is 0 Å². The van der Waals surface area contributed by atoms with Crippen molar-refractivity contribution in [3.63, 3.8) is 0 Å². The summed E-state index contributed by atoms with van der Waals surface area (Å²) in [5.74, 6) is -1.14. The number of fused-ring (bicyclic) bond motifs is 2. The van der Waals surface area contributed by atoms with Crippen molar-refractivity contribution >= 4 is 23.1 Å². The van der Waals surface area contributed by atoms with Crippen molar-refractivity contribution in [2.24, 2.45) is 23.2 Å². The molecule has 4 aromatic rings. The monoisotopic (exact) mass is 640 g/mol. The van der Waals surface area contributed by atoms with Crippen LogP contribution in [0.1, 0.15) is 28.7 Å². The minimum Gasteiger partial charge on any atom is -0.392 e. The van der Waals surface area contributed by atoms with E-state index >= 15 is 0 Å². The van der Waals surface area contributed by atoms with Gasteiger partial charge in [0.25, 0.3) is 0 Å². The number of amides is 2. The number of carbonyl (C=O) groups excluding carboxylic acids is 2. The Morgan fingerprint density at radius 3 is 2.10 bits per heavy atom. The predicted molar refractivity (Wildman–Crippen MR) is 184 cm³/mol. The Kier molecular flexibility index (Phi) is 7.59. The fourth-order valence-corrected chi connectivity index (χ4v) is 9.81. The number of rotatable bonds is 9. The lowest BCUT2D eigenvalue weighted by molar-refractivity contribution is -0.162. The number of likely N-dealkylation sites (tertiary alicyclic amines) is 1. The summed E-state index contributed by atoms with van der Waals surface area (Å²) in [6.07, 6.45) is 1.61. The minimum atomic E-state index is -1.34. The van der Waals surface area contributed by atoms with E-state index in [0.29, 0.717) is 13.0 Å². The number of hydrogen-bond donors (Lipinski definition) is 1. The summed E-state index contributed by atoms with van der Waals surface area (Å²) < 4.78 is 12.1. The summed E-state index contributed by atoms with van der Waals surface area (Å²) in [6, 6.07) is 37.9. The van der Waals surface area contributed by atoms with E-state index in [9.17, 15) is 14.7 Å². The van der Waals surface area contributed by atoms with Gasteiger partial charge in [0.05, 0.1) is 30.4 Å². The highest BCUT2D eigenvalue weighted by molar-refractivity contribution is 6.10. The van der Waals surface area contributed by atoms with Gasteiger partial charge < -0.3 is 19.5 Å². The van der Waals surface area contributed by atoms with E-state index in [4.69, 9.17) is 9.47 Å². The third kappa shape index (κ3) is 4.24. The smallest absolute Gasteiger partial charge is 0.242 e. The topological polar surface area (TPSA) is 79.3 Å². The Bertz CT molecular complexity index is 1820. The summed E-state index contributed by atoms with van der Waals surface area (Å²) in [5, 5.41) is 12.4. The molecule has 4 bridgehead atoms. The van der Waals surface area contributed by atoms with Crippen molar-refractivity contribution in [1.82, 2.24) is 4.90 Å². The maximum atomic E-state index is 15.0. The summed E-state index contributed by atoms with van der Waals surface area (Å²) >= 11 is 0. The molecule has 2 heterocycles. The Hall–Kier alpha value is -4.56. The summed E-state index contributed by atoms with van der Waals surface area (Å²) in [4.78, 5) is 33.3. The normalized spacial score (nSPS) is 29.9. The number of methoxy groups -OCH3 is 1. The Morgan fingerprint density at radius 1 is 0.854 bits per heavy atom. The van der Waals surface area contributed by atoms with Crippen molar-refractivity contribution in [1.29, 1.82) is 0 Å². The number of aliphatic hydroxyl groups excluding tert-OH is 1. The molecule has 2 saturated carbocycles. The molecule has 7 nitrogen and oxygen atoms in total. The molecular weight excluding hydrogens is 600 g/mol. The quantitative estimate of drug-likeness (QED) is 0.255. The zero-order valence-corrected chi connectivity index (χ0v) is 27.2. The fraction of sp³-hybridized carbons (Fsp3) is 0.317. The molecule has 0 radical (unpaired) electrons. The summed E-state index contributed by atoms with van der Waals surface area (Å²) in [6.45, 7) is 0.558. The molecule has 1 spiro atoms. The van der Waals surface area contributed by atoms with Gasteiger partial charge in [-0.05, 0) is 46.2 Å². The largest absolute Gasteiger partial charge is 0.392 e. The van der Waals surface area contributed by atoms with Crippen LogP contribution in [0.25, 0.3) is 5.57 Å². The average Bonchev–Trinajstić information content (AvgIpc) is 3.58. The number of carbonyl (C=O) groups is 2. The van der Waals surface area contributed by atoms with E-state index in [2.05, 4.69) is 30.3 Å². The number of anilines is 1. The van der Waals surface area contributed by atoms with Crippen molar-refractivity contribution in [2.45, 2.75) is 30.6 Å². The second-order valence-electron chi connectivity index (χ2n) is 13.7. The lowest BCUT2D eigenvalue weighted by atomic mass is 9.51. The second kappa shape index (κ2) is 11.8. The van der Waals surface area contributed by atoms with Crippen LogP contribution < -0.4 is 4.90 Å². The van der Waals surface area contributed by atoms with Gasteiger partial charge in [0, 0.05) is 32.0 Å². The average molecular weight is 641 g/mol. The molecule has 0 aromatic heterocycles. The zero-order valence-electron chi connectivity index (χ0n) is 27.2. The number of benzene rings is 4. The van der Waals surface area contributed by atoms with Gasteiger partial charge in [0.2, 0.25) is 11.8 Å². The van der Waals surface area contributed by atoms with Crippen molar-refractivity contribution < 1.29 is 24.2 Å². The molecule has 7 heteroatoms. The van der Waals surface area contributed by atoms with E-state index in [1.54, 1.807) is 12.0 Å². The van der Waals surface area contributed by atoms with E-state index in [-0.39, 0.29) is 43.0 Å². The Morgan fingerprint density at radius 2 is 1.46 bits per heavy atom. The molecular formula is C41H40N2O5. The van der Waals surface area contributed by atoms with E-state index in [1.807, 2.05) is 103 Å². The molecule has 8 rings (SSSR count). The first kappa shape index (κ1) is 30.8. The maximum absolute atomic E-state index is 15.0. The van der Waals surface area contributed by atoms with E-state index < -0.39 is 22.9 Å². The van der Waals surface area contributed by atoms with Crippen LogP contribution >= 0.6 is 0 Å². The highest BCUT2D eigenvalue weighted by Gasteiger charge is 2.82. The van der Waals surface area contributed by atoms with Crippen LogP contribution in [0.3, 0.4) is 0 Å². The van der Waals surface area contributed by atoms with Crippen molar-refractivity contribution in [3.05, 3.63) is 144 Å². The third-order valence-corrected chi connectivity index (χ3v) is 11.6. The fourth-order valence-electron chi connectivity index (χ4n) is 9.81. The minimum absolute atomic E-state index is 0.0112. The van der Waals surface area contributed by atoms with Crippen LogP contribution in [0.5, 0.6) is 0 Å². The molecule has 4 aromatic carbocycles. The zero-order chi connectivity index (χ0) is 33.0. The van der Waals surface area contributed by atoms with E-state index in [1.165, 1.54) is 0 Å². The number of ether oxygens (including phenoxy) is 2. The number of nitrogens with zero attached hydrogens (tertiary/aromatic N) is 2. The number of para-hydroxylation sites is 1. The first-order valence-corrected chi connectivity index (χ1v) is 16.7. The first-order chi connectivity index (χ1) is 23.4. The van der Waals surface area contributed by atoms with Gasteiger partial charge in [-0.3, -0.25) is 14.5 Å². The Balaban J connectivity index is 1.33. The first-order valence-electron chi connectivity index (χ1n) is 16.7. The molecule has 7 atom stereocenters. The molecule has 1 N–H and O–H groups in total. The molecule has 3 fully saturated rings. The van der Waals surface area contributed by atoms with Crippen LogP contribution in [0.2, 0.25) is 0 Å². The van der Waals surface area contributed by atoms with Gasteiger partial charge in [-0.15, -0.1) is 0 Å². The highest BCUT2D eigenvalue weighted by Crippen LogP contribution is 2.72. The SMILES string of the molecule is COCN1C(=O)[C@@]2(c3ccccc31)[C@@H](O)C[C@@H]1[C@@H](C=C(c3ccccc3)c3ccccc3)[C@@H]3[C@H]2[C@@]1(COCc1ccccc1)C(=O)N3C. The molecule has 0 unspecified atom stereocenters.